The van der Waals surface area contributed by atoms with Gasteiger partial charge in [0.05, 0.1) is 0 Å². The summed E-state index contributed by atoms with van der Waals surface area (Å²) in [5, 5.41) is 23.4. The molecule has 0 radical (unpaired) electrons. The van der Waals surface area contributed by atoms with Crippen molar-refractivity contribution in [1.82, 2.24) is 42.5 Å². The van der Waals surface area contributed by atoms with Gasteiger partial charge >= 0.3 is 0 Å². The van der Waals surface area contributed by atoms with Crippen molar-refractivity contribution in [2.75, 3.05) is 0 Å². The van der Waals surface area contributed by atoms with Crippen LogP contribution in [0.5, 0.6) is 0 Å². The molecule has 0 aromatic rings. The second-order valence-electron chi connectivity index (χ2n) is 17.2. The Kier molecular flexibility index (Phi) is 15.1. The zero-order valence-corrected chi connectivity index (χ0v) is 33.5. The summed E-state index contributed by atoms with van der Waals surface area (Å²) in [5.74, 6) is -3.96. The Morgan fingerprint density at radius 1 is 0.286 bits per heavy atom. The van der Waals surface area contributed by atoms with Crippen LogP contribution in [-0.4, -0.2) is 95.6 Å². The summed E-state index contributed by atoms with van der Waals surface area (Å²) < 4.78 is 0. The van der Waals surface area contributed by atoms with Crippen molar-refractivity contribution in [3.05, 3.63) is 0 Å². The Hall–Kier alpha value is -4.24. The van der Waals surface area contributed by atoms with Crippen LogP contribution in [0.4, 0.5) is 0 Å². The molecule has 1 heterocycles. The lowest BCUT2D eigenvalue weighted by Crippen LogP contribution is -2.54. The van der Waals surface area contributed by atoms with Crippen molar-refractivity contribution >= 4 is 47.3 Å². The fourth-order valence-corrected chi connectivity index (χ4v) is 9.13. The predicted molar refractivity (Wildman–Crippen MR) is 206 cm³/mol. The van der Waals surface area contributed by atoms with Gasteiger partial charge in [0.25, 0.3) is 0 Å². The first-order chi connectivity index (χ1) is 26.7. The van der Waals surface area contributed by atoms with E-state index in [2.05, 4.69) is 42.5 Å². The molecule has 0 spiro atoms. The number of amides is 8. The zero-order valence-electron chi connectivity index (χ0n) is 33.5. The molecular weight excluding hydrogens is 720 g/mol. The number of rotatable bonds is 0. The maximum atomic E-state index is 13.3. The van der Waals surface area contributed by atoms with Gasteiger partial charge in [-0.3, -0.25) is 38.4 Å². The smallest absolute Gasteiger partial charge is 0.242 e. The third-order valence-electron chi connectivity index (χ3n) is 12.6. The van der Waals surface area contributed by atoms with Crippen LogP contribution < -0.4 is 42.5 Å². The molecule has 16 heteroatoms. The van der Waals surface area contributed by atoms with Crippen LogP contribution in [0.3, 0.4) is 0 Å². The first-order valence-electron chi connectivity index (χ1n) is 21.1. The summed E-state index contributed by atoms with van der Waals surface area (Å²) in [7, 11) is 0. The van der Waals surface area contributed by atoms with Crippen LogP contribution in [0.1, 0.15) is 130 Å². The molecule has 12 atom stereocenters. The van der Waals surface area contributed by atoms with Gasteiger partial charge in [0, 0.05) is 47.8 Å². The van der Waals surface area contributed by atoms with Crippen LogP contribution in [0.15, 0.2) is 0 Å². The number of hydrogen-bond donors (Lipinski definition) is 8. The molecule has 0 aromatic carbocycles. The van der Waals surface area contributed by atoms with Crippen molar-refractivity contribution in [3.63, 3.8) is 0 Å². The van der Waals surface area contributed by atoms with Gasteiger partial charge in [0.1, 0.15) is 24.2 Å². The van der Waals surface area contributed by atoms with E-state index in [0.29, 0.717) is 77.0 Å². The van der Waals surface area contributed by atoms with Gasteiger partial charge in [0.15, 0.2) is 0 Å². The van der Waals surface area contributed by atoms with Gasteiger partial charge in [-0.15, -0.1) is 0 Å². The Bertz CT molecular complexity index is 1280. The van der Waals surface area contributed by atoms with E-state index in [1.54, 1.807) is 27.7 Å². The molecule has 56 heavy (non-hydrogen) atoms. The summed E-state index contributed by atoms with van der Waals surface area (Å²) in [5.41, 5.74) is 0. The maximum absolute atomic E-state index is 13.3. The lowest BCUT2D eigenvalue weighted by Gasteiger charge is -2.33. The summed E-state index contributed by atoms with van der Waals surface area (Å²) in [6.07, 6.45) is 9.77. The van der Waals surface area contributed by atoms with Gasteiger partial charge in [0.2, 0.25) is 47.3 Å². The predicted octanol–water partition coefficient (Wildman–Crippen LogP) is 0.719. The minimum absolute atomic E-state index is 0.258. The number of fused-ring (bicyclic) bond motifs is 8. The fourth-order valence-electron chi connectivity index (χ4n) is 9.13. The number of carbonyl (C=O) groups is 8. The number of carbonyl (C=O) groups excluding carboxylic acids is 8. The lowest BCUT2D eigenvalue weighted by atomic mass is 9.84. The standard InChI is InChI=1S/C40H64N8O8/c1-21-33(49)45-29-13-6-10-26(18-29)38(54)42-23(3)35(51)47-31-15-8-12-28(20-31)40(56)44-24(4)36(52)48-32-16-7-11-27(19-32)39(55)43-22(2)34(50)46-30-14-5-9-25(17-30)37(53)41-21/h21-32H,5-20H2,1-4H3,(H,41,53)(H,42,54)(H,43,55)(H,44,56)(H,45,49)(H,46,50)(H,47,51)(H,48,52)/t21-,22-,23-,24-,25-,26-,27-,28-,29+,30+,31+,32+/m1/s1. The molecule has 16 nitrogen and oxygen atoms in total. The van der Waals surface area contributed by atoms with Crippen molar-refractivity contribution in [2.45, 2.75) is 179 Å². The van der Waals surface area contributed by atoms with Crippen molar-refractivity contribution < 1.29 is 38.4 Å². The topological polar surface area (TPSA) is 233 Å². The van der Waals surface area contributed by atoms with Gasteiger partial charge in [-0.25, -0.2) is 0 Å². The zero-order chi connectivity index (χ0) is 40.5. The first-order valence-corrected chi connectivity index (χ1v) is 21.1. The first kappa shape index (κ1) is 42.9. The molecule has 5 rings (SSSR count). The Balaban J connectivity index is 1.25. The van der Waals surface area contributed by atoms with Crippen molar-refractivity contribution in [1.29, 1.82) is 0 Å². The monoisotopic (exact) mass is 784 g/mol. The molecule has 1 aliphatic heterocycles. The van der Waals surface area contributed by atoms with E-state index in [1.807, 2.05) is 0 Å². The highest BCUT2D eigenvalue weighted by Crippen LogP contribution is 2.28. The molecule has 8 bridgehead atoms. The van der Waals surface area contributed by atoms with Gasteiger partial charge in [-0.1, -0.05) is 25.7 Å². The Labute approximate surface area is 330 Å². The Morgan fingerprint density at radius 2 is 0.482 bits per heavy atom. The molecule has 4 aliphatic carbocycles. The minimum atomic E-state index is -0.804. The SMILES string of the molecule is C[C@H]1NC(=O)[C@@H]2CCC[C@@H](C2)NC(=O)[C@@H](C)NC(=O)[C@@H]2CCC[C@@H](C2)NC(=O)[C@@H](C)NC(=O)[C@@H]2CCC[C@@H](C2)NC(=O)[C@@H](C)NC(=O)[C@@H]2CCC[C@@H](C2)NC1=O. The molecule has 5 aliphatic rings. The average Bonchev–Trinajstić information content (AvgIpc) is 3.17. The molecule has 5 fully saturated rings. The summed E-state index contributed by atoms with van der Waals surface area (Å²) in [4.78, 5) is 106. The van der Waals surface area contributed by atoms with E-state index >= 15 is 0 Å². The molecule has 0 aromatic heterocycles. The van der Waals surface area contributed by atoms with Gasteiger partial charge in [-0.2, -0.15) is 0 Å². The Morgan fingerprint density at radius 3 is 0.679 bits per heavy atom. The van der Waals surface area contributed by atoms with E-state index < -0.39 is 47.8 Å². The molecule has 0 unspecified atom stereocenters. The van der Waals surface area contributed by atoms with Crippen molar-refractivity contribution in [3.8, 4) is 0 Å². The summed E-state index contributed by atoms with van der Waals surface area (Å²) in [6.45, 7) is 6.51. The molecule has 312 valence electrons. The fraction of sp³-hybridized carbons (Fsp3) is 0.800. The largest absolute Gasteiger partial charge is 0.352 e. The average molecular weight is 785 g/mol. The second kappa shape index (κ2) is 19.8. The third-order valence-corrected chi connectivity index (χ3v) is 12.6. The van der Waals surface area contributed by atoms with Crippen LogP contribution in [0.2, 0.25) is 0 Å². The maximum Gasteiger partial charge on any atom is 0.242 e. The van der Waals surface area contributed by atoms with E-state index in [1.165, 1.54) is 0 Å². The third kappa shape index (κ3) is 11.9. The van der Waals surface area contributed by atoms with Gasteiger partial charge in [-0.05, 0) is 105 Å². The summed E-state index contributed by atoms with van der Waals surface area (Å²) >= 11 is 0. The van der Waals surface area contributed by atoms with E-state index in [9.17, 15) is 38.4 Å². The molecule has 4 saturated carbocycles. The normalized spacial score (nSPS) is 37.9. The highest BCUT2D eigenvalue weighted by atomic mass is 16.2. The quantitative estimate of drug-likeness (QED) is 0.174. The van der Waals surface area contributed by atoms with E-state index in [-0.39, 0.29) is 71.4 Å². The van der Waals surface area contributed by atoms with Crippen LogP contribution >= 0.6 is 0 Å². The van der Waals surface area contributed by atoms with E-state index in [0.717, 1.165) is 25.7 Å². The number of nitrogens with one attached hydrogen (secondary N) is 8. The van der Waals surface area contributed by atoms with E-state index in [4.69, 9.17) is 0 Å². The van der Waals surface area contributed by atoms with Crippen LogP contribution in [0.25, 0.3) is 0 Å². The molecule has 1 saturated heterocycles. The van der Waals surface area contributed by atoms with Crippen LogP contribution in [0, 0.1) is 23.7 Å². The van der Waals surface area contributed by atoms with Crippen molar-refractivity contribution in [2.24, 2.45) is 23.7 Å². The lowest BCUT2D eigenvalue weighted by molar-refractivity contribution is -0.134. The minimum Gasteiger partial charge on any atom is -0.352 e. The highest BCUT2D eigenvalue weighted by molar-refractivity contribution is 5.91. The van der Waals surface area contributed by atoms with Gasteiger partial charge < -0.3 is 42.5 Å². The van der Waals surface area contributed by atoms with Crippen LogP contribution in [-0.2, 0) is 38.4 Å². The molecular formula is C40H64N8O8. The number of hydrogen-bond acceptors (Lipinski definition) is 8. The molecule has 8 amide bonds. The molecule has 8 N–H and O–H groups in total. The second-order valence-corrected chi connectivity index (χ2v) is 17.2. The summed E-state index contributed by atoms with van der Waals surface area (Å²) in [6, 6.07) is -4.27. The highest BCUT2D eigenvalue weighted by Gasteiger charge is 2.36.